The molecular formula is C14H20BrClN2O. The van der Waals surface area contributed by atoms with E-state index in [0.717, 1.165) is 35.7 Å². The summed E-state index contributed by atoms with van der Waals surface area (Å²) < 4.78 is 1.03. The lowest BCUT2D eigenvalue weighted by atomic mass is 9.85. The molecule has 1 saturated carbocycles. The van der Waals surface area contributed by atoms with E-state index in [4.69, 9.17) is 5.73 Å². The SMILES string of the molecule is Cl.NCC1(C(=O)NCc2ccccc2Br)CCCC1. The minimum atomic E-state index is -0.318. The highest BCUT2D eigenvalue weighted by Gasteiger charge is 2.39. The monoisotopic (exact) mass is 346 g/mol. The Morgan fingerprint density at radius 2 is 1.95 bits per heavy atom. The van der Waals surface area contributed by atoms with Crippen molar-refractivity contribution in [3.8, 4) is 0 Å². The van der Waals surface area contributed by atoms with E-state index in [1.165, 1.54) is 0 Å². The van der Waals surface area contributed by atoms with E-state index in [9.17, 15) is 4.79 Å². The Balaban J connectivity index is 0.00000180. The van der Waals surface area contributed by atoms with E-state index in [2.05, 4.69) is 21.2 Å². The molecule has 0 aromatic heterocycles. The number of benzene rings is 1. The van der Waals surface area contributed by atoms with Crippen LogP contribution >= 0.6 is 28.3 Å². The lowest BCUT2D eigenvalue weighted by Crippen LogP contribution is -2.43. The zero-order valence-corrected chi connectivity index (χ0v) is 13.2. The van der Waals surface area contributed by atoms with Crippen LogP contribution in [0.1, 0.15) is 31.2 Å². The van der Waals surface area contributed by atoms with Gasteiger partial charge in [-0.2, -0.15) is 0 Å². The summed E-state index contributed by atoms with van der Waals surface area (Å²) >= 11 is 3.48. The zero-order chi connectivity index (χ0) is 13.0. The molecule has 0 unspecified atom stereocenters. The number of carbonyl (C=O) groups excluding carboxylic acids is 1. The molecule has 0 heterocycles. The molecule has 1 aromatic carbocycles. The molecule has 0 saturated heterocycles. The summed E-state index contributed by atoms with van der Waals surface area (Å²) in [4.78, 5) is 12.3. The summed E-state index contributed by atoms with van der Waals surface area (Å²) in [6.07, 6.45) is 4.07. The number of carbonyl (C=O) groups is 1. The van der Waals surface area contributed by atoms with Gasteiger partial charge in [0, 0.05) is 17.6 Å². The predicted molar refractivity (Wildman–Crippen MR) is 83.2 cm³/mol. The molecule has 3 N–H and O–H groups in total. The second kappa shape index (κ2) is 7.27. The quantitative estimate of drug-likeness (QED) is 0.879. The first-order chi connectivity index (χ1) is 8.68. The highest BCUT2D eigenvalue weighted by atomic mass is 79.9. The minimum Gasteiger partial charge on any atom is -0.351 e. The molecule has 106 valence electrons. The molecule has 1 fully saturated rings. The average molecular weight is 348 g/mol. The molecule has 0 atom stereocenters. The number of rotatable bonds is 4. The first-order valence-electron chi connectivity index (χ1n) is 6.40. The average Bonchev–Trinajstić information content (AvgIpc) is 2.87. The molecule has 5 heteroatoms. The van der Waals surface area contributed by atoms with Crippen molar-refractivity contribution in [2.24, 2.45) is 11.1 Å². The predicted octanol–water partition coefficient (Wildman–Crippen LogP) is 3.01. The van der Waals surface area contributed by atoms with Crippen LogP contribution in [0.15, 0.2) is 28.7 Å². The molecular weight excluding hydrogens is 328 g/mol. The van der Waals surface area contributed by atoms with Crippen molar-refractivity contribution in [1.82, 2.24) is 5.32 Å². The van der Waals surface area contributed by atoms with E-state index in [1.54, 1.807) is 0 Å². The number of nitrogens with two attached hydrogens (primary N) is 1. The maximum atomic E-state index is 12.3. The van der Waals surface area contributed by atoms with Gasteiger partial charge in [-0.15, -0.1) is 12.4 Å². The maximum Gasteiger partial charge on any atom is 0.227 e. The number of hydrogen-bond donors (Lipinski definition) is 2. The topological polar surface area (TPSA) is 55.1 Å². The minimum absolute atomic E-state index is 0. The van der Waals surface area contributed by atoms with Gasteiger partial charge in [0.25, 0.3) is 0 Å². The van der Waals surface area contributed by atoms with Crippen molar-refractivity contribution in [2.75, 3.05) is 6.54 Å². The van der Waals surface area contributed by atoms with Gasteiger partial charge in [-0.25, -0.2) is 0 Å². The molecule has 1 aliphatic carbocycles. The third-order valence-corrected chi connectivity index (χ3v) is 4.60. The summed E-state index contributed by atoms with van der Waals surface area (Å²) in [7, 11) is 0. The van der Waals surface area contributed by atoms with Crippen LogP contribution in [-0.4, -0.2) is 12.5 Å². The zero-order valence-electron chi connectivity index (χ0n) is 10.8. The Labute approximate surface area is 128 Å². The van der Waals surface area contributed by atoms with E-state index in [-0.39, 0.29) is 23.7 Å². The normalized spacial score (nSPS) is 16.7. The van der Waals surface area contributed by atoms with Gasteiger partial charge >= 0.3 is 0 Å². The van der Waals surface area contributed by atoms with Crippen LogP contribution in [0.3, 0.4) is 0 Å². The van der Waals surface area contributed by atoms with Crippen LogP contribution in [0, 0.1) is 5.41 Å². The van der Waals surface area contributed by atoms with Crippen molar-refractivity contribution >= 4 is 34.2 Å². The van der Waals surface area contributed by atoms with E-state index in [1.807, 2.05) is 24.3 Å². The molecule has 19 heavy (non-hydrogen) atoms. The van der Waals surface area contributed by atoms with Crippen LogP contribution < -0.4 is 11.1 Å². The summed E-state index contributed by atoms with van der Waals surface area (Å²) in [6.45, 7) is 1.01. The van der Waals surface area contributed by atoms with Gasteiger partial charge in [0.1, 0.15) is 0 Å². The second-order valence-corrected chi connectivity index (χ2v) is 5.82. The van der Waals surface area contributed by atoms with Crippen molar-refractivity contribution in [3.05, 3.63) is 34.3 Å². The Kier molecular flexibility index (Phi) is 6.30. The Morgan fingerprint density at radius 3 is 2.53 bits per heavy atom. The highest BCUT2D eigenvalue weighted by molar-refractivity contribution is 9.10. The van der Waals surface area contributed by atoms with Crippen molar-refractivity contribution in [3.63, 3.8) is 0 Å². The molecule has 1 amide bonds. The Hall–Kier alpha value is -0.580. The van der Waals surface area contributed by atoms with Gasteiger partial charge in [0.2, 0.25) is 5.91 Å². The third kappa shape index (κ3) is 3.71. The van der Waals surface area contributed by atoms with E-state index in [0.29, 0.717) is 13.1 Å². The highest BCUT2D eigenvalue weighted by Crippen LogP contribution is 2.37. The van der Waals surface area contributed by atoms with E-state index < -0.39 is 0 Å². The molecule has 3 nitrogen and oxygen atoms in total. The number of nitrogens with one attached hydrogen (secondary N) is 1. The second-order valence-electron chi connectivity index (χ2n) is 4.97. The Bertz CT molecular complexity index is 433. The smallest absolute Gasteiger partial charge is 0.227 e. The van der Waals surface area contributed by atoms with Crippen LogP contribution in [0.5, 0.6) is 0 Å². The lowest BCUT2D eigenvalue weighted by Gasteiger charge is -2.25. The molecule has 0 bridgehead atoms. The molecule has 0 radical (unpaired) electrons. The summed E-state index contributed by atoms with van der Waals surface area (Å²) in [5.41, 5.74) is 6.57. The molecule has 2 rings (SSSR count). The van der Waals surface area contributed by atoms with Crippen LogP contribution in [0.25, 0.3) is 0 Å². The largest absolute Gasteiger partial charge is 0.351 e. The molecule has 1 aromatic rings. The Morgan fingerprint density at radius 1 is 1.32 bits per heavy atom. The fourth-order valence-electron chi connectivity index (χ4n) is 2.58. The lowest BCUT2D eigenvalue weighted by molar-refractivity contribution is -0.130. The molecule has 0 aliphatic heterocycles. The number of halogens is 2. The standard InChI is InChI=1S/C14H19BrN2O.ClH/c15-12-6-2-1-5-11(12)9-17-13(18)14(10-16)7-3-4-8-14;/h1-2,5-6H,3-4,7-10,16H2,(H,17,18);1H. The fourth-order valence-corrected chi connectivity index (χ4v) is 3.01. The molecule has 0 spiro atoms. The van der Waals surface area contributed by atoms with Gasteiger partial charge in [0.05, 0.1) is 5.41 Å². The fraction of sp³-hybridized carbons (Fsp3) is 0.500. The van der Waals surface area contributed by atoms with Crippen molar-refractivity contribution in [1.29, 1.82) is 0 Å². The van der Waals surface area contributed by atoms with Crippen LogP contribution in [-0.2, 0) is 11.3 Å². The van der Waals surface area contributed by atoms with Gasteiger partial charge in [-0.1, -0.05) is 47.0 Å². The first kappa shape index (κ1) is 16.5. The number of amides is 1. The van der Waals surface area contributed by atoms with Crippen LogP contribution in [0.4, 0.5) is 0 Å². The first-order valence-corrected chi connectivity index (χ1v) is 7.19. The van der Waals surface area contributed by atoms with Crippen LogP contribution in [0.2, 0.25) is 0 Å². The maximum absolute atomic E-state index is 12.3. The third-order valence-electron chi connectivity index (χ3n) is 3.83. The van der Waals surface area contributed by atoms with Crippen molar-refractivity contribution in [2.45, 2.75) is 32.2 Å². The molecule has 1 aliphatic rings. The van der Waals surface area contributed by atoms with Crippen molar-refractivity contribution < 1.29 is 4.79 Å². The van der Waals surface area contributed by atoms with E-state index >= 15 is 0 Å². The summed E-state index contributed by atoms with van der Waals surface area (Å²) in [5.74, 6) is 0.109. The summed E-state index contributed by atoms with van der Waals surface area (Å²) in [5, 5.41) is 3.02. The van der Waals surface area contributed by atoms with Gasteiger partial charge in [-0.3, -0.25) is 4.79 Å². The number of hydrogen-bond acceptors (Lipinski definition) is 2. The summed E-state index contributed by atoms with van der Waals surface area (Å²) in [6, 6.07) is 7.93. The van der Waals surface area contributed by atoms with Gasteiger partial charge in [-0.05, 0) is 24.5 Å². The van der Waals surface area contributed by atoms with Gasteiger partial charge < -0.3 is 11.1 Å². The van der Waals surface area contributed by atoms with Gasteiger partial charge in [0.15, 0.2) is 0 Å².